The molecule has 3 atom stereocenters. The van der Waals surface area contributed by atoms with Gasteiger partial charge in [-0.2, -0.15) is 0 Å². The van der Waals surface area contributed by atoms with E-state index in [-0.39, 0.29) is 13.0 Å². The summed E-state index contributed by atoms with van der Waals surface area (Å²) in [4.78, 5) is 26.1. The van der Waals surface area contributed by atoms with Crippen molar-refractivity contribution in [2.24, 2.45) is 0 Å². The molecule has 0 unspecified atom stereocenters. The van der Waals surface area contributed by atoms with Gasteiger partial charge in [-0.15, -0.1) is 0 Å². The van der Waals surface area contributed by atoms with Gasteiger partial charge in [0.2, 0.25) is 0 Å². The molecule has 21 heavy (non-hydrogen) atoms. The summed E-state index contributed by atoms with van der Waals surface area (Å²) in [6.07, 6.45) is -2.27. The van der Waals surface area contributed by atoms with Crippen LogP contribution in [0.4, 0.5) is 5.69 Å². The summed E-state index contributed by atoms with van der Waals surface area (Å²) in [7, 11) is 0. The molecule has 0 aliphatic carbocycles. The SMILES string of the molecule is Nc1ccc2c(=O)[nH]c(=O)n([C@H]3C[C@H](O)[C@@H](CO)O3)c2c1. The van der Waals surface area contributed by atoms with Crippen LogP contribution in [-0.2, 0) is 4.74 Å². The van der Waals surface area contributed by atoms with Gasteiger partial charge in [-0.1, -0.05) is 0 Å². The summed E-state index contributed by atoms with van der Waals surface area (Å²) in [5.41, 5.74) is 5.29. The number of ether oxygens (including phenoxy) is 1. The third-order valence-corrected chi connectivity index (χ3v) is 3.64. The highest BCUT2D eigenvalue weighted by Gasteiger charge is 2.35. The number of benzene rings is 1. The summed E-state index contributed by atoms with van der Waals surface area (Å²) in [6, 6.07) is 4.59. The van der Waals surface area contributed by atoms with Crippen LogP contribution in [0.2, 0.25) is 0 Å². The van der Waals surface area contributed by atoms with Gasteiger partial charge < -0.3 is 20.7 Å². The van der Waals surface area contributed by atoms with Crippen molar-refractivity contribution in [1.29, 1.82) is 0 Å². The molecule has 0 spiro atoms. The average molecular weight is 293 g/mol. The summed E-state index contributed by atoms with van der Waals surface area (Å²) in [5.74, 6) is 0. The fourth-order valence-electron chi connectivity index (χ4n) is 2.60. The fourth-order valence-corrected chi connectivity index (χ4v) is 2.60. The number of hydrogen-bond donors (Lipinski definition) is 4. The van der Waals surface area contributed by atoms with Crippen LogP contribution in [0.3, 0.4) is 0 Å². The number of aromatic amines is 1. The molecule has 5 N–H and O–H groups in total. The summed E-state index contributed by atoms with van der Waals surface area (Å²) in [5, 5.41) is 19.2. The molecule has 1 saturated heterocycles. The number of nitrogens with one attached hydrogen (secondary N) is 1. The Balaban J connectivity index is 2.21. The van der Waals surface area contributed by atoms with Crippen LogP contribution >= 0.6 is 0 Å². The second kappa shape index (κ2) is 4.99. The Labute approximate surface area is 118 Å². The zero-order valence-corrected chi connectivity index (χ0v) is 11.0. The number of fused-ring (bicyclic) bond motifs is 1. The van der Waals surface area contributed by atoms with Crippen LogP contribution in [0.15, 0.2) is 27.8 Å². The molecule has 0 bridgehead atoms. The summed E-state index contributed by atoms with van der Waals surface area (Å²) >= 11 is 0. The lowest BCUT2D eigenvalue weighted by atomic mass is 10.2. The molecule has 8 heteroatoms. The van der Waals surface area contributed by atoms with Crippen LogP contribution in [0.5, 0.6) is 0 Å². The van der Waals surface area contributed by atoms with Gasteiger partial charge in [0.1, 0.15) is 12.3 Å². The first-order valence-electron chi connectivity index (χ1n) is 6.49. The Morgan fingerprint density at radius 1 is 1.43 bits per heavy atom. The predicted molar refractivity (Wildman–Crippen MR) is 74.9 cm³/mol. The zero-order valence-electron chi connectivity index (χ0n) is 11.0. The van der Waals surface area contributed by atoms with Crippen LogP contribution in [0, 0.1) is 0 Å². The first kappa shape index (κ1) is 13.8. The van der Waals surface area contributed by atoms with E-state index in [9.17, 15) is 14.7 Å². The third kappa shape index (κ3) is 2.23. The monoisotopic (exact) mass is 293 g/mol. The van der Waals surface area contributed by atoms with Crippen molar-refractivity contribution in [3.63, 3.8) is 0 Å². The standard InChI is InChI=1S/C13H15N3O5/c14-6-1-2-7-8(3-6)16(13(20)15-12(7)19)11-4-9(18)10(5-17)21-11/h1-3,9-11,17-18H,4-5,14H2,(H,15,19,20)/t9-,10+,11+/m0/s1. The van der Waals surface area contributed by atoms with Gasteiger partial charge in [-0.25, -0.2) is 4.79 Å². The zero-order chi connectivity index (χ0) is 15.1. The number of hydrogen-bond acceptors (Lipinski definition) is 6. The quantitative estimate of drug-likeness (QED) is 0.521. The van der Waals surface area contributed by atoms with E-state index >= 15 is 0 Å². The molecular weight excluding hydrogens is 278 g/mol. The molecule has 1 aliphatic rings. The topological polar surface area (TPSA) is 131 Å². The number of aliphatic hydroxyl groups excluding tert-OH is 2. The average Bonchev–Trinajstić information content (AvgIpc) is 2.79. The second-order valence-electron chi connectivity index (χ2n) is 5.02. The molecule has 3 rings (SSSR count). The molecule has 112 valence electrons. The molecule has 0 amide bonds. The van der Waals surface area contributed by atoms with Crippen molar-refractivity contribution in [3.05, 3.63) is 39.0 Å². The minimum absolute atomic E-state index is 0.140. The molecule has 1 fully saturated rings. The van der Waals surface area contributed by atoms with Crippen LogP contribution in [0.25, 0.3) is 10.9 Å². The largest absolute Gasteiger partial charge is 0.399 e. The number of anilines is 1. The number of rotatable bonds is 2. The van der Waals surface area contributed by atoms with Gasteiger partial charge in [0.05, 0.1) is 23.6 Å². The first-order chi connectivity index (χ1) is 10.0. The minimum Gasteiger partial charge on any atom is -0.399 e. The molecule has 1 aromatic carbocycles. The molecule has 0 radical (unpaired) electrons. The van der Waals surface area contributed by atoms with Crippen LogP contribution < -0.4 is 17.0 Å². The van der Waals surface area contributed by atoms with E-state index in [1.165, 1.54) is 16.7 Å². The van der Waals surface area contributed by atoms with E-state index in [1.54, 1.807) is 6.07 Å². The van der Waals surface area contributed by atoms with Crippen molar-refractivity contribution in [3.8, 4) is 0 Å². The van der Waals surface area contributed by atoms with Crippen molar-refractivity contribution >= 4 is 16.6 Å². The highest BCUT2D eigenvalue weighted by atomic mass is 16.5. The number of nitrogen functional groups attached to an aromatic ring is 1. The number of nitrogens with zero attached hydrogens (tertiary/aromatic N) is 1. The summed E-state index contributed by atoms with van der Waals surface area (Å²) in [6.45, 7) is -0.351. The maximum atomic E-state index is 12.1. The lowest BCUT2D eigenvalue weighted by molar-refractivity contribution is -0.0443. The molecule has 2 heterocycles. The van der Waals surface area contributed by atoms with E-state index in [0.717, 1.165) is 0 Å². The van der Waals surface area contributed by atoms with Gasteiger partial charge >= 0.3 is 5.69 Å². The van der Waals surface area contributed by atoms with Gasteiger partial charge in [0.15, 0.2) is 0 Å². The maximum Gasteiger partial charge on any atom is 0.330 e. The predicted octanol–water partition coefficient (Wildman–Crippen LogP) is -1.09. The van der Waals surface area contributed by atoms with Crippen molar-refractivity contribution in [2.45, 2.75) is 24.9 Å². The lowest BCUT2D eigenvalue weighted by Gasteiger charge is -2.17. The van der Waals surface area contributed by atoms with Crippen LogP contribution in [0.1, 0.15) is 12.6 Å². The number of aromatic nitrogens is 2. The molecule has 2 aromatic rings. The Bertz CT molecular complexity index is 796. The summed E-state index contributed by atoms with van der Waals surface area (Å²) < 4.78 is 6.72. The molecule has 8 nitrogen and oxygen atoms in total. The van der Waals surface area contributed by atoms with E-state index < -0.39 is 29.7 Å². The lowest BCUT2D eigenvalue weighted by Crippen LogP contribution is -2.33. The maximum absolute atomic E-state index is 12.1. The van der Waals surface area contributed by atoms with E-state index in [4.69, 9.17) is 15.6 Å². The Morgan fingerprint density at radius 3 is 2.86 bits per heavy atom. The van der Waals surface area contributed by atoms with E-state index in [0.29, 0.717) is 16.6 Å². The van der Waals surface area contributed by atoms with Gasteiger partial charge in [-0.3, -0.25) is 14.3 Å². The second-order valence-corrected chi connectivity index (χ2v) is 5.02. The Kier molecular flexibility index (Phi) is 3.28. The van der Waals surface area contributed by atoms with Gasteiger partial charge in [0, 0.05) is 12.1 Å². The molecule has 0 saturated carbocycles. The third-order valence-electron chi connectivity index (χ3n) is 3.64. The normalized spacial score (nSPS) is 25.5. The number of nitrogens with two attached hydrogens (primary N) is 1. The Morgan fingerprint density at radius 2 is 2.19 bits per heavy atom. The van der Waals surface area contributed by atoms with E-state index in [2.05, 4.69) is 4.98 Å². The highest BCUT2D eigenvalue weighted by molar-refractivity contribution is 5.81. The van der Waals surface area contributed by atoms with Crippen molar-refractivity contribution < 1.29 is 14.9 Å². The number of H-pyrrole nitrogens is 1. The molecule has 1 aliphatic heterocycles. The molecular formula is C13H15N3O5. The van der Waals surface area contributed by atoms with Crippen LogP contribution in [-0.4, -0.2) is 38.6 Å². The van der Waals surface area contributed by atoms with Crippen molar-refractivity contribution in [2.75, 3.05) is 12.3 Å². The Hall–Kier alpha value is -2.16. The first-order valence-corrected chi connectivity index (χ1v) is 6.49. The fraction of sp³-hybridized carbons (Fsp3) is 0.385. The van der Waals surface area contributed by atoms with Gasteiger partial charge in [0.25, 0.3) is 5.56 Å². The number of aliphatic hydroxyl groups is 2. The minimum atomic E-state index is -0.880. The van der Waals surface area contributed by atoms with Crippen molar-refractivity contribution in [1.82, 2.24) is 9.55 Å². The highest BCUT2D eigenvalue weighted by Crippen LogP contribution is 2.29. The molecule has 1 aromatic heterocycles. The smallest absolute Gasteiger partial charge is 0.330 e. The van der Waals surface area contributed by atoms with Gasteiger partial charge in [-0.05, 0) is 18.2 Å². The van der Waals surface area contributed by atoms with E-state index in [1.807, 2.05) is 0 Å².